The minimum absolute atomic E-state index is 0.115. The molecule has 6 rings (SSSR count). The summed E-state index contributed by atoms with van der Waals surface area (Å²) in [6.07, 6.45) is -0.255. The van der Waals surface area contributed by atoms with Crippen LogP contribution in [0, 0.1) is 0 Å². The molecule has 0 saturated heterocycles. The van der Waals surface area contributed by atoms with E-state index in [0.717, 1.165) is 33.4 Å². The van der Waals surface area contributed by atoms with Crippen LogP contribution in [0.3, 0.4) is 0 Å². The third-order valence-corrected chi connectivity index (χ3v) is 8.25. The van der Waals surface area contributed by atoms with E-state index < -0.39 is 30.0 Å². The molecule has 0 radical (unpaired) electrons. The molecule has 3 amide bonds. The third kappa shape index (κ3) is 7.86. The number of amides is 3. The van der Waals surface area contributed by atoms with Crippen molar-refractivity contribution in [3.8, 4) is 11.1 Å². The van der Waals surface area contributed by atoms with Crippen LogP contribution >= 0.6 is 0 Å². The summed E-state index contributed by atoms with van der Waals surface area (Å²) in [6, 6.07) is 42.4. The van der Waals surface area contributed by atoms with Crippen LogP contribution in [0.2, 0.25) is 0 Å². The molecular weight excluding hydrogens is 588 g/mol. The van der Waals surface area contributed by atoms with E-state index in [2.05, 4.69) is 45.8 Å². The summed E-state index contributed by atoms with van der Waals surface area (Å²) < 4.78 is 5.77. The topological polar surface area (TPSA) is 109 Å². The van der Waals surface area contributed by atoms with Crippen molar-refractivity contribution in [1.29, 1.82) is 0 Å². The van der Waals surface area contributed by atoms with Crippen molar-refractivity contribution < 1.29 is 19.1 Å². The maximum Gasteiger partial charge on any atom is 0.407 e. The Labute approximate surface area is 274 Å². The maximum absolute atomic E-state index is 13.9. The summed E-state index contributed by atoms with van der Waals surface area (Å²) in [7, 11) is 0. The van der Waals surface area contributed by atoms with E-state index in [0.29, 0.717) is 5.69 Å². The van der Waals surface area contributed by atoms with Gasteiger partial charge in [-0.25, -0.2) is 4.79 Å². The standard InChI is InChI=1S/C39H36N4O4/c44-37(40-36(25-28-16-6-2-7-17-28)38(45)43-42-29-18-8-3-9-19-29)35(24-27-14-4-1-5-15-27)41-39(46)47-26-34-32-22-12-10-20-30(32)31-21-11-13-23-33(31)34/h1-23,34-36,42H,24-26H2,(H,40,44)(H,41,46)(H,43,45)/t35-,36-/m0/s1. The van der Waals surface area contributed by atoms with Gasteiger partial charge in [0.25, 0.3) is 5.91 Å². The zero-order valence-electron chi connectivity index (χ0n) is 25.8. The molecule has 8 heteroatoms. The first-order chi connectivity index (χ1) is 23.0. The van der Waals surface area contributed by atoms with Gasteiger partial charge in [-0.2, -0.15) is 0 Å². The molecule has 2 atom stereocenters. The first-order valence-electron chi connectivity index (χ1n) is 15.7. The number of benzene rings is 5. The molecule has 0 aliphatic heterocycles. The van der Waals surface area contributed by atoms with Gasteiger partial charge in [0.1, 0.15) is 18.7 Å². The third-order valence-electron chi connectivity index (χ3n) is 8.25. The van der Waals surface area contributed by atoms with Crippen LogP contribution in [0.25, 0.3) is 11.1 Å². The van der Waals surface area contributed by atoms with Gasteiger partial charge in [0.2, 0.25) is 5.91 Å². The minimum atomic E-state index is -0.999. The molecule has 1 aliphatic rings. The number of alkyl carbamates (subject to hydrolysis) is 1. The number of anilines is 1. The number of fused-ring (bicyclic) bond motifs is 3. The van der Waals surface area contributed by atoms with Gasteiger partial charge in [-0.15, -0.1) is 0 Å². The molecule has 0 spiro atoms. The highest BCUT2D eigenvalue weighted by Crippen LogP contribution is 2.44. The van der Waals surface area contributed by atoms with Crippen molar-refractivity contribution in [3.63, 3.8) is 0 Å². The quantitative estimate of drug-likeness (QED) is 0.127. The lowest BCUT2D eigenvalue weighted by atomic mass is 9.98. The van der Waals surface area contributed by atoms with E-state index in [1.54, 1.807) is 0 Å². The normalized spacial score (nSPS) is 12.9. The van der Waals surface area contributed by atoms with Gasteiger partial charge in [-0.1, -0.05) is 127 Å². The average Bonchev–Trinajstić information content (AvgIpc) is 3.44. The Morgan fingerprint density at radius 1 is 0.553 bits per heavy atom. The van der Waals surface area contributed by atoms with Crippen LogP contribution < -0.4 is 21.5 Å². The number of hydrogen-bond donors (Lipinski definition) is 4. The molecule has 5 aromatic rings. The molecule has 236 valence electrons. The van der Waals surface area contributed by atoms with E-state index in [-0.39, 0.29) is 25.4 Å². The Morgan fingerprint density at radius 3 is 1.57 bits per heavy atom. The Kier molecular flexibility index (Phi) is 9.88. The molecule has 0 aromatic heterocycles. The molecule has 8 nitrogen and oxygen atoms in total. The number of para-hydroxylation sites is 1. The van der Waals surface area contributed by atoms with Gasteiger partial charge in [0.05, 0.1) is 5.69 Å². The van der Waals surface area contributed by atoms with Crippen molar-refractivity contribution in [2.24, 2.45) is 0 Å². The van der Waals surface area contributed by atoms with Crippen LogP contribution in [0.5, 0.6) is 0 Å². The van der Waals surface area contributed by atoms with Gasteiger partial charge >= 0.3 is 6.09 Å². The highest BCUT2D eigenvalue weighted by Gasteiger charge is 2.31. The maximum atomic E-state index is 13.9. The Bertz CT molecular complexity index is 1770. The van der Waals surface area contributed by atoms with Crippen LogP contribution in [0.4, 0.5) is 10.5 Å². The van der Waals surface area contributed by atoms with E-state index in [4.69, 9.17) is 4.74 Å². The highest BCUT2D eigenvalue weighted by atomic mass is 16.5. The average molecular weight is 625 g/mol. The van der Waals surface area contributed by atoms with Gasteiger partial charge in [-0.3, -0.25) is 20.4 Å². The molecule has 0 bridgehead atoms. The molecule has 47 heavy (non-hydrogen) atoms. The fourth-order valence-electron chi connectivity index (χ4n) is 5.92. The predicted octanol–water partition coefficient (Wildman–Crippen LogP) is 6.01. The lowest BCUT2D eigenvalue weighted by molar-refractivity contribution is -0.129. The second-order valence-corrected chi connectivity index (χ2v) is 11.4. The van der Waals surface area contributed by atoms with Crippen LogP contribution in [0.15, 0.2) is 140 Å². The zero-order valence-corrected chi connectivity index (χ0v) is 25.8. The Balaban J connectivity index is 1.16. The highest BCUT2D eigenvalue weighted by molar-refractivity contribution is 5.92. The smallest absolute Gasteiger partial charge is 0.407 e. The van der Waals surface area contributed by atoms with E-state index in [9.17, 15) is 14.4 Å². The predicted molar refractivity (Wildman–Crippen MR) is 182 cm³/mol. The van der Waals surface area contributed by atoms with E-state index >= 15 is 0 Å². The molecule has 1 aliphatic carbocycles. The number of hydrazine groups is 1. The fourth-order valence-corrected chi connectivity index (χ4v) is 5.92. The number of rotatable bonds is 12. The number of carbonyl (C=O) groups excluding carboxylic acids is 3. The SMILES string of the molecule is O=C(N[C@@H](Cc1ccccc1)C(=O)N[C@@H](Cc1ccccc1)C(=O)NNc1ccccc1)OCC1c2ccccc2-c2ccccc21. The first kappa shape index (κ1) is 31.1. The van der Waals surface area contributed by atoms with Crippen molar-refractivity contribution in [1.82, 2.24) is 16.1 Å². The molecule has 0 fully saturated rings. The monoisotopic (exact) mass is 624 g/mol. The fraction of sp³-hybridized carbons (Fsp3) is 0.154. The van der Waals surface area contributed by atoms with E-state index in [1.165, 1.54) is 0 Å². The number of nitrogens with one attached hydrogen (secondary N) is 4. The van der Waals surface area contributed by atoms with Crippen LogP contribution in [-0.2, 0) is 27.2 Å². The largest absolute Gasteiger partial charge is 0.449 e. The molecule has 0 heterocycles. The van der Waals surface area contributed by atoms with Gasteiger partial charge < -0.3 is 15.4 Å². The molecule has 4 N–H and O–H groups in total. The van der Waals surface area contributed by atoms with Gasteiger partial charge in [0, 0.05) is 18.8 Å². The van der Waals surface area contributed by atoms with Gasteiger partial charge in [-0.05, 0) is 45.5 Å². The molecular formula is C39H36N4O4. The summed E-state index contributed by atoms with van der Waals surface area (Å²) in [5, 5.41) is 5.67. The minimum Gasteiger partial charge on any atom is -0.449 e. The van der Waals surface area contributed by atoms with Gasteiger partial charge in [0.15, 0.2) is 0 Å². The molecule has 0 unspecified atom stereocenters. The second kappa shape index (κ2) is 14.9. The summed E-state index contributed by atoms with van der Waals surface area (Å²) in [6.45, 7) is 0.115. The summed E-state index contributed by atoms with van der Waals surface area (Å²) in [5.74, 6) is -1.05. The Morgan fingerprint density at radius 2 is 1.02 bits per heavy atom. The lowest BCUT2D eigenvalue weighted by Gasteiger charge is -2.24. The van der Waals surface area contributed by atoms with Crippen molar-refractivity contribution >= 4 is 23.6 Å². The number of hydrogen-bond acceptors (Lipinski definition) is 5. The van der Waals surface area contributed by atoms with Crippen molar-refractivity contribution in [2.75, 3.05) is 12.0 Å². The Hall–Kier alpha value is -5.89. The van der Waals surface area contributed by atoms with Crippen LogP contribution in [0.1, 0.15) is 28.2 Å². The van der Waals surface area contributed by atoms with Crippen molar-refractivity contribution in [3.05, 3.63) is 162 Å². The summed E-state index contributed by atoms with van der Waals surface area (Å²) in [5.41, 5.74) is 12.5. The molecule has 0 saturated carbocycles. The lowest BCUT2D eigenvalue weighted by Crippen LogP contribution is -2.55. The number of ether oxygens (including phenoxy) is 1. The summed E-state index contributed by atoms with van der Waals surface area (Å²) >= 11 is 0. The molecule has 5 aromatic carbocycles. The zero-order chi connectivity index (χ0) is 32.4. The van der Waals surface area contributed by atoms with Crippen LogP contribution in [-0.4, -0.2) is 36.6 Å². The van der Waals surface area contributed by atoms with Crippen molar-refractivity contribution in [2.45, 2.75) is 30.8 Å². The summed E-state index contributed by atoms with van der Waals surface area (Å²) in [4.78, 5) is 40.6. The first-order valence-corrected chi connectivity index (χ1v) is 15.7. The second-order valence-electron chi connectivity index (χ2n) is 11.4. The van der Waals surface area contributed by atoms with E-state index in [1.807, 2.05) is 115 Å². The number of carbonyl (C=O) groups is 3.